The highest BCUT2D eigenvalue weighted by molar-refractivity contribution is 5.82. The van der Waals surface area contributed by atoms with E-state index in [1.165, 1.54) is 85.2 Å². The average molecular weight is 1490 g/mol. The number of aromatic nitrogens is 1. The second-order valence-electron chi connectivity index (χ2n) is 37.2. The Labute approximate surface area is 660 Å². The highest BCUT2D eigenvalue weighted by atomic mass is 16.7. The van der Waals surface area contributed by atoms with Gasteiger partial charge in [0.2, 0.25) is 13.6 Å². The van der Waals surface area contributed by atoms with Crippen LogP contribution in [0.4, 0.5) is 17.1 Å². The summed E-state index contributed by atoms with van der Waals surface area (Å²) in [5.74, 6) is 8.04. The van der Waals surface area contributed by atoms with Crippen molar-refractivity contribution in [2.75, 3.05) is 82.2 Å². The number of hydrogen-bond acceptors (Lipinski definition) is 13. The Kier molecular flexibility index (Phi) is 27.4. The predicted octanol–water partition coefficient (Wildman–Crippen LogP) is 24.0. The smallest absolute Gasteiger partial charge is 0.231 e. The minimum atomic E-state index is 0.103. The van der Waals surface area contributed by atoms with E-state index < -0.39 is 0 Å². The first-order valence-electron chi connectivity index (χ1n) is 39.5. The van der Waals surface area contributed by atoms with Gasteiger partial charge in [0, 0.05) is 53.7 Å². The molecule has 16 rings (SSSR count). The lowest BCUT2D eigenvalue weighted by Gasteiger charge is -2.27. The predicted molar refractivity (Wildman–Crippen MR) is 459 cm³/mol. The third-order valence-corrected chi connectivity index (χ3v) is 19.7. The summed E-state index contributed by atoms with van der Waals surface area (Å²) in [7, 11) is 0. The van der Waals surface area contributed by atoms with Crippen molar-refractivity contribution in [3.05, 3.63) is 226 Å². The number of aryl methyl sites for hydroxylation is 1. The van der Waals surface area contributed by atoms with Crippen LogP contribution in [0.2, 0.25) is 0 Å². The van der Waals surface area contributed by atoms with E-state index in [1.54, 1.807) is 0 Å². The van der Waals surface area contributed by atoms with E-state index in [9.17, 15) is 0 Å². The quantitative estimate of drug-likeness (QED) is 0.133. The van der Waals surface area contributed by atoms with Crippen LogP contribution in [-0.2, 0) is 49.7 Å². The monoisotopic (exact) mass is 1490 g/mol. The van der Waals surface area contributed by atoms with E-state index in [2.05, 4.69) is 315 Å². The third kappa shape index (κ3) is 23.5. The topological polar surface area (TPSA) is 132 Å². The van der Waals surface area contributed by atoms with Gasteiger partial charge in [0.15, 0.2) is 46.0 Å². The van der Waals surface area contributed by atoms with E-state index in [1.807, 2.05) is 48.7 Å². The van der Waals surface area contributed by atoms with Crippen LogP contribution in [0.25, 0.3) is 17.0 Å². The summed E-state index contributed by atoms with van der Waals surface area (Å²) in [6, 6.07) is 54.8. The Balaban J connectivity index is 0.000000145. The molecule has 0 bridgehead atoms. The molecule has 0 amide bonds. The van der Waals surface area contributed by atoms with E-state index >= 15 is 0 Å². The highest BCUT2D eigenvalue weighted by Gasteiger charge is 2.28. The van der Waals surface area contributed by atoms with Crippen LogP contribution in [0.3, 0.4) is 0 Å². The molecule has 0 saturated carbocycles. The maximum atomic E-state index is 5.66. The van der Waals surface area contributed by atoms with Gasteiger partial charge in [-0.2, -0.15) is 0 Å². The maximum absolute atomic E-state index is 5.66. The summed E-state index contributed by atoms with van der Waals surface area (Å²) in [5.41, 5.74) is 19.5. The van der Waals surface area contributed by atoms with Crippen molar-refractivity contribution in [3.63, 3.8) is 0 Å². The number of rotatable bonds is 0. The molecule has 0 radical (unpaired) electrons. The van der Waals surface area contributed by atoms with Gasteiger partial charge in [-0.25, -0.2) is 0 Å². The Morgan fingerprint density at radius 2 is 0.736 bits per heavy atom. The van der Waals surface area contributed by atoms with Crippen LogP contribution < -0.4 is 58.6 Å². The molecule has 110 heavy (non-hydrogen) atoms. The molecule has 8 aromatic carbocycles. The SMILES string of the molecule is CC(C)(C)c1ccc2c(c1)CCCN2.CC(C)(C)c1ccc2c(c1)NCC=C2.CC(C)(C)c1ccc2c(c1)OCCN2.CC(C)(C)c1ccc2c(c1)OCCO2.CC(C)(C)c1ccc2c(c1)OCO2.CC(C)(C)c1cccc2c1OCCO2.CC(C)(C)c1cccc2c1OCO2.CC(C)(C)c1cccc2cccnc12. The van der Waals surface area contributed by atoms with Crippen molar-refractivity contribution in [1.82, 2.24) is 4.98 Å². The molecule has 13 nitrogen and oxygen atoms in total. The first kappa shape index (κ1) is 84.5. The lowest BCUT2D eigenvalue weighted by atomic mass is 9.85. The summed E-state index contributed by atoms with van der Waals surface area (Å²) in [6.07, 6.45) is 8.68. The minimum absolute atomic E-state index is 0.103. The fraction of sp³-hybridized carbons (Fsp3) is 0.454. The van der Waals surface area contributed by atoms with Crippen molar-refractivity contribution in [2.24, 2.45) is 0 Å². The molecule has 0 saturated heterocycles. The lowest BCUT2D eigenvalue weighted by Crippen LogP contribution is -2.20. The molecule has 0 spiro atoms. The van der Waals surface area contributed by atoms with Gasteiger partial charge in [-0.05, 0) is 167 Å². The number of nitrogens with zero attached hydrogens (tertiary/aromatic N) is 1. The van der Waals surface area contributed by atoms with Crippen LogP contribution in [-0.4, -0.2) is 71.2 Å². The molecular formula is C97H128N4O9. The number of anilines is 3. The summed E-state index contributed by atoms with van der Waals surface area (Å²) < 4.78 is 49.1. The Hall–Kier alpha value is -9.49. The Morgan fingerprint density at radius 1 is 0.309 bits per heavy atom. The Morgan fingerprint density at radius 3 is 1.34 bits per heavy atom. The number of benzene rings is 8. The minimum Gasteiger partial charge on any atom is -0.490 e. The first-order chi connectivity index (χ1) is 51.6. The first-order valence-corrected chi connectivity index (χ1v) is 39.5. The second-order valence-corrected chi connectivity index (χ2v) is 37.2. The van der Waals surface area contributed by atoms with Crippen LogP contribution in [0.15, 0.2) is 170 Å². The van der Waals surface area contributed by atoms with Gasteiger partial charge in [0.25, 0.3) is 0 Å². The molecule has 0 fully saturated rings. The van der Waals surface area contributed by atoms with Gasteiger partial charge < -0.3 is 58.6 Å². The van der Waals surface area contributed by atoms with Gasteiger partial charge in [0.05, 0.1) is 11.2 Å². The standard InChI is InChI=1S/C13H15N.C13H19N.C13H17N.C12H17NO.2C12H16O2.2C11H14O2/c1-13(2,3)11-8-4-6-10-7-5-9-14-12(10)11;1-13(2,3)11-6-7-12-10(9-11)5-4-8-14-12;1-13(2,3)11-7-6-10-5-4-8-14-12(10)9-11;2*1-12(2,3)9-4-5-10-11(8-9)14-7-6-13-10;1-12(2,3)9-5-4-6-10-11(9)14-8-7-13-10;1-11(2,3)8-4-5-9-10(6-8)13-7-12-9;1-11(2,3)8-5-4-6-9-10(8)13-7-12-9/h4-9H,1-3H3;6-7,9,14H,4-5,8H2,1-3H3;4-7,9,14H,8H2,1-3H3;4-5,8,13H,6-7H2,1-3H3;4-5,8H,6-7H2,1-3H3;4-6H,7-8H2,1-3H3;2*4-6H,7H2,1-3H3. The fourth-order valence-electron chi connectivity index (χ4n) is 13.0. The highest BCUT2D eigenvalue weighted by Crippen LogP contribution is 2.44. The van der Waals surface area contributed by atoms with Gasteiger partial charge in [-0.15, -0.1) is 0 Å². The van der Waals surface area contributed by atoms with Gasteiger partial charge in [0.1, 0.15) is 38.8 Å². The van der Waals surface area contributed by atoms with E-state index in [0.29, 0.717) is 40.0 Å². The van der Waals surface area contributed by atoms with Crippen LogP contribution in [0, 0.1) is 0 Å². The summed E-state index contributed by atoms with van der Waals surface area (Å²) in [4.78, 5) is 4.45. The number of nitrogens with one attached hydrogen (secondary N) is 3. The fourth-order valence-corrected chi connectivity index (χ4v) is 13.0. The number of ether oxygens (including phenoxy) is 9. The third-order valence-electron chi connectivity index (χ3n) is 19.7. The van der Waals surface area contributed by atoms with E-state index in [-0.39, 0.29) is 43.3 Å². The van der Waals surface area contributed by atoms with Gasteiger partial charge >= 0.3 is 0 Å². The van der Waals surface area contributed by atoms with Crippen molar-refractivity contribution < 1.29 is 42.6 Å². The lowest BCUT2D eigenvalue weighted by molar-refractivity contribution is 0.168. The molecule has 7 aliphatic rings. The van der Waals surface area contributed by atoms with Crippen molar-refractivity contribution in [2.45, 2.75) is 222 Å². The zero-order valence-electron chi connectivity index (χ0n) is 70.8. The summed E-state index contributed by atoms with van der Waals surface area (Å²) >= 11 is 0. The average Bonchev–Trinajstić information content (AvgIpc) is 1.49. The van der Waals surface area contributed by atoms with Crippen molar-refractivity contribution in [3.8, 4) is 51.7 Å². The molecular weight excluding hydrogens is 1370 g/mol. The second kappa shape index (κ2) is 35.7. The number of hydrogen-bond donors (Lipinski definition) is 3. The molecule has 7 aliphatic heterocycles. The van der Waals surface area contributed by atoms with Gasteiger partial charge in [-0.1, -0.05) is 269 Å². The van der Waals surface area contributed by atoms with Crippen LogP contribution in [0.1, 0.15) is 228 Å². The van der Waals surface area contributed by atoms with Crippen molar-refractivity contribution in [1.29, 1.82) is 0 Å². The number of fused-ring (bicyclic) bond motifs is 8. The summed E-state index contributed by atoms with van der Waals surface area (Å²) in [6.45, 7) is 60.1. The molecule has 8 heterocycles. The van der Waals surface area contributed by atoms with Crippen LogP contribution in [0.5, 0.6) is 51.7 Å². The molecule has 1 aromatic heterocycles. The molecule has 0 unspecified atom stereocenters. The molecule has 0 atom stereocenters. The Bertz CT molecular complexity index is 4380. The number of para-hydroxylation sites is 3. The van der Waals surface area contributed by atoms with Gasteiger partial charge in [-0.3, -0.25) is 4.98 Å². The number of pyridine rings is 1. The van der Waals surface area contributed by atoms with Crippen LogP contribution >= 0.6 is 0 Å². The molecule has 13 heteroatoms. The molecule has 590 valence electrons. The zero-order chi connectivity index (χ0) is 80.0. The van der Waals surface area contributed by atoms with Crippen molar-refractivity contribution >= 4 is 34.0 Å². The molecule has 0 aliphatic carbocycles. The maximum Gasteiger partial charge on any atom is 0.231 e. The molecule has 9 aromatic rings. The molecule has 3 N–H and O–H groups in total. The van der Waals surface area contributed by atoms with E-state index in [4.69, 9.17) is 42.6 Å². The van der Waals surface area contributed by atoms with E-state index in [0.717, 1.165) is 89.2 Å². The normalized spacial score (nSPS) is 14.8. The summed E-state index contributed by atoms with van der Waals surface area (Å²) in [5, 5.41) is 11.4. The largest absolute Gasteiger partial charge is 0.490 e. The zero-order valence-corrected chi connectivity index (χ0v) is 70.8.